The van der Waals surface area contributed by atoms with Crippen molar-refractivity contribution in [3.05, 3.63) is 0 Å². The quantitative estimate of drug-likeness (QED) is 0.133. The van der Waals surface area contributed by atoms with Crippen LogP contribution in [0.25, 0.3) is 0 Å². The lowest BCUT2D eigenvalue weighted by molar-refractivity contribution is -0.157. The predicted octanol–water partition coefficient (Wildman–Crippen LogP) is 4.09. The summed E-state index contributed by atoms with van der Waals surface area (Å²) in [6, 6.07) is -2.12. The highest BCUT2D eigenvalue weighted by molar-refractivity contribution is 14.1. The highest BCUT2D eigenvalue weighted by Crippen LogP contribution is 2.12. The van der Waals surface area contributed by atoms with Gasteiger partial charge in [0.05, 0.1) is 0 Å². The molecule has 0 saturated carbocycles. The summed E-state index contributed by atoms with van der Waals surface area (Å²) in [5.41, 5.74) is -1.55. The average Bonchev–Trinajstić information content (AvgIpc) is 2.74. The Balaban J connectivity index is 5.37. The number of hydrogen-bond donors (Lipinski definition) is 2. The molecule has 0 aromatic heterocycles. The van der Waals surface area contributed by atoms with Crippen molar-refractivity contribution in [2.24, 2.45) is 11.8 Å². The van der Waals surface area contributed by atoms with Gasteiger partial charge in [-0.2, -0.15) is 0 Å². The largest absolute Gasteiger partial charge is 0.509 e. The third-order valence-corrected chi connectivity index (χ3v) is 4.76. The van der Waals surface area contributed by atoms with Crippen LogP contribution in [0, 0.1) is 11.8 Å². The topological polar surface area (TPSA) is 165 Å². The first-order chi connectivity index (χ1) is 17.8. The first-order valence-electron chi connectivity index (χ1n) is 12.5. The zero-order valence-corrected chi connectivity index (χ0v) is 26.5. The molecule has 0 unspecified atom stereocenters. The van der Waals surface area contributed by atoms with E-state index in [4.69, 9.17) is 28.4 Å². The van der Waals surface area contributed by atoms with E-state index in [-0.39, 0.29) is 16.4 Å². The van der Waals surface area contributed by atoms with Crippen LogP contribution in [0.5, 0.6) is 0 Å². The van der Waals surface area contributed by atoms with Gasteiger partial charge in [0.2, 0.25) is 0 Å². The minimum Gasteiger partial charge on any atom is -0.460 e. The van der Waals surface area contributed by atoms with E-state index < -0.39 is 72.9 Å². The van der Waals surface area contributed by atoms with Gasteiger partial charge in [-0.15, -0.1) is 0 Å². The van der Waals surface area contributed by atoms with Crippen LogP contribution in [-0.4, -0.2) is 77.5 Å². The average molecular weight is 675 g/mol. The molecule has 0 saturated heterocycles. The number of hydrogen-bond acceptors (Lipinski definition) is 11. The maximum Gasteiger partial charge on any atom is 0.509 e. The van der Waals surface area contributed by atoms with E-state index in [1.54, 1.807) is 91.8 Å². The third-order valence-electron chi connectivity index (χ3n) is 4.44. The van der Waals surface area contributed by atoms with Crippen LogP contribution in [0.1, 0.15) is 69.2 Å². The maximum atomic E-state index is 12.7. The summed E-state index contributed by atoms with van der Waals surface area (Å²) in [5.74, 6) is -2.36. The first-order valence-corrected chi connectivity index (χ1v) is 14.0. The molecular formula is C25H43IN2O11. The minimum absolute atomic E-state index is 0.00659. The van der Waals surface area contributed by atoms with Gasteiger partial charge < -0.3 is 39.1 Å². The fraction of sp³-hybridized carbons (Fsp3) is 0.800. The van der Waals surface area contributed by atoms with Crippen molar-refractivity contribution < 1.29 is 52.4 Å². The van der Waals surface area contributed by atoms with Crippen LogP contribution in [-0.2, 0) is 38.0 Å². The molecular weight excluding hydrogens is 631 g/mol. The normalized spacial score (nSPS) is 13.3. The van der Waals surface area contributed by atoms with Crippen molar-refractivity contribution in [2.75, 3.05) is 17.8 Å². The lowest BCUT2D eigenvalue weighted by Crippen LogP contribution is -2.48. The van der Waals surface area contributed by atoms with Crippen molar-refractivity contribution >= 4 is 52.9 Å². The number of alkyl halides is 1. The molecule has 14 heteroatoms. The summed E-state index contributed by atoms with van der Waals surface area (Å²) in [6.45, 7) is 15.9. The van der Waals surface area contributed by atoms with Crippen LogP contribution in [0.4, 0.5) is 14.4 Å². The molecule has 13 nitrogen and oxygen atoms in total. The molecule has 0 rings (SSSR count). The second kappa shape index (κ2) is 16.6. The Labute approximate surface area is 243 Å². The molecule has 0 aliphatic heterocycles. The highest BCUT2D eigenvalue weighted by atomic mass is 127. The maximum absolute atomic E-state index is 12.7. The van der Waals surface area contributed by atoms with Crippen LogP contribution in [0.3, 0.4) is 0 Å². The molecule has 0 aromatic carbocycles. The number of carbonyl (C=O) groups is 5. The van der Waals surface area contributed by atoms with Crippen molar-refractivity contribution in [1.82, 2.24) is 10.6 Å². The highest BCUT2D eigenvalue weighted by Gasteiger charge is 2.32. The van der Waals surface area contributed by atoms with Gasteiger partial charge in [0.1, 0.15) is 41.1 Å². The predicted molar refractivity (Wildman–Crippen MR) is 148 cm³/mol. The van der Waals surface area contributed by atoms with E-state index in [1.165, 1.54) is 0 Å². The summed E-state index contributed by atoms with van der Waals surface area (Å²) in [5, 5.41) is 4.93. The van der Waals surface area contributed by atoms with E-state index in [2.05, 4.69) is 10.6 Å². The molecule has 39 heavy (non-hydrogen) atoms. The van der Waals surface area contributed by atoms with Gasteiger partial charge in [-0.3, -0.25) is 0 Å². The molecule has 2 atom stereocenters. The second-order valence-corrected chi connectivity index (χ2v) is 11.9. The molecule has 0 aliphatic carbocycles. The number of ether oxygens (including phenoxy) is 6. The standard InChI is InChI=1S/C25H43IN2O11/c1-14(2)17(27-21(31)38-24(5,6)7)19(29)34-11-16(37-23(33)36-13-26)12-35-20(30)18(15(3)4)28-22(32)39-25(8,9)10/h14-18H,11-13H2,1-10H3,(H,27,31)(H,28,32)/t17-,18-/m0/s1. The van der Waals surface area contributed by atoms with Gasteiger partial charge in [0, 0.05) is 0 Å². The lowest BCUT2D eigenvalue weighted by atomic mass is 10.1. The van der Waals surface area contributed by atoms with Gasteiger partial charge in [0.25, 0.3) is 0 Å². The number of nitrogens with one attached hydrogen (secondary N) is 2. The number of esters is 2. The molecule has 0 bridgehead atoms. The van der Waals surface area contributed by atoms with Gasteiger partial charge in [-0.05, 0) is 76.0 Å². The molecule has 2 N–H and O–H groups in total. The number of halogens is 1. The SMILES string of the molecule is CC(C)[C@H](NC(=O)OC(C)(C)C)C(=O)OCC(COC(=O)[C@@H](NC(=O)OC(C)(C)C)C(C)C)OC(=O)OCI. The van der Waals surface area contributed by atoms with Gasteiger partial charge in [-0.25, -0.2) is 24.0 Å². The van der Waals surface area contributed by atoms with Crippen molar-refractivity contribution in [1.29, 1.82) is 0 Å². The Kier molecular flexibility index (Phi) is 15.5. The zero-order chi connectivity index (χ0) is 30.6. The van der Waals surface area contributed by atoms with Gasteiger partial charge >= 0.3 is 30.3 Å². The summed E-state index contributed by atoms with van der Waals surface area (Å²) < 4.78 is 30.8. The van der Waals surface area contributed by atoms with E-state index in [9.17, 15) is 24.0 Å². The second-order valence-electron chi connectivity index (χ2n) is 11.2. The Morgan fingerprint density at radius 2 is 1.03 bits per heavy atom. The molecule has 0 aliphatic rings. The Bertz CT molecular complexity index is 777. The van der Waals surface area contributed by atoms with Crippen LogP contribution < -0.4 is 10.6 Å². The number of carbonyl (C=O) groups excluding carboxylic acids is 5. The Hall–Kier alpha value is -2.52. The summed E-state index contributed by atoms with van der Waals surface area (Å²) >= 11 is 1.79. The molecule has 0 radical (unpaired) electrons. The molecule has 0 spiro atoms. The van der Waals surface area contributed by atoms with E-state index in [1.807, 2.05) is 0 Å². The molecule has 2 amide bonds. The van der Waals surface area contributed by atoms with Crippen molar-refractivity contribution in [3.8, 4) is 0 Å². The Morgan fingerprint density at radius 1 is 0.667 bits per heavy atom. The summed E-state index contributed by atoms with van der Waals surface area (Å²) in [6.07, 6.45) is -3.91. The Morgan fingerprint density at radius 3 is 1.31 bits per heavy atom. The number of amides is 2. The fourth-order valence-electron chi connectivity index (χ4n) is 2.73. The summed E-state index contributed by atoms with van der Waals surface area (Å²) in [4.78, 5) is 61.7. The van der Waals surface area contributed by atoms with E-state index >= 15 is 0 Å². The van der Waals surface area contributed by atoms with E-state index in [0.29, 0.717) is 0 Å². The first kappa shape index (κ1) is 36.5. The molecule has 0 fully saturated rings. The molecule has 0 heterocycles. The molecule has 0 aromatic rings. The lowest BCUT2D eigenvalue weighted by Gasteiger charge is -2.26. The summed E-state index contributed by atoms with van der Waals surface area (Å²) in [7, 11) is 0. The van der Waals surface area contributed by atoms with Gasteiger partial charge in [-0.1, -0.05) is 27.7 Å². The monoisotopic (exact) mass is 674 g/mol. The van der Waals surface area contributed by atoms with Crippen LogP contribution in [0.15, 0.2) is 0 Å². The zero-order valence-electron chi connectivity index (χ0n) is 24.4. The van der Waals surface area contributed by atoms with Gasteiger partial charge in [0.15, 0.2) is 6.10 Å². The van der Waals surface area contributed by atoms with Crippen molar-refractivity contribution in [3.63, 3.8) is 0 Å². The number of rotatable bonds is 12. The number of alkyl carbamates (subject to hydrolysis) is 2. The van der Waals surface area contributed by atoms with Crippen molar-refractivity contribution in [2.45, 2.75) is 98.6 Å². The van der Waals surface area contributed by atoms with Crippen LogP contribution in [0.2, 0.25) is 0 Å². The van der Waals surface area contributed by atoms with Crippen LogP contribution >= 0.6 is 22.6 Å². The minimum atomic E-state index is -1.24. The smallest absolute Gasteiger partial charge is 0.460 e. The third kappa shape index (κ3) is 16.9. The van der Waals surface area contributed by atoms with E-state index in [0.717, 1.165) is 0 Å². The fourth-order valence-corrected chi connectivity index (χ4v) is 2.98. The molecule has 226 valence electrons.